The molecule has 2 nitrogen and oxygen atoms in total. The van der Waals surface area contributed by atoms with Crippen molar-refractivity contribution in [3.8, 4) is 5.75 Å². The quantitative estimate of drug-likeness (QED) is 0.868. The molecule has 0 bridgehead atoms. The Labute approximate surface area is 116 Å². The topological polar surface area (TPSA) is 35.2 Å². The van der Waals surface area contributed by atoms with Gasteiger partial charge in [0.2, 0.25) is 0 Å². The molecule has 0 amide bonds. The molecule has 0 heterocycles. The second-order valence-corrected chi connectivity index (χ2v) is 4.66. The molecule has 0 aromatic heterocycles. The van der Waals surface area contributed by atoms with Crippen molar-refractivity contribution in [2.24, 2.45) is 5.73 Å². The van der Waals surface area contributed by atoms with Gasteiger partial charge in [0.15, 0.2) is 0 Å². The van der Waals surface area contributed by atoms with Crippen molar-refractivity contribution in [2.45, 2.75) is 6.61 Å². The first-order valence-corrected chi connectivity index (χ1v) is 6.21. The zero-order chi connectivity index (χ0) is 13.0. The molecular formula is C14H12ClNOS. The maximum absolute atomic E-state index is 5.91. The summed E-state index contributed by atoms with van der Waals surface area (Å²) in [5, 5.41) is 0.588. The van der Waals surface area contributed by atoms with Gasteiger partial charge in [0, 0.05) is 5.02 Å². The number of ether oxygens (including phenoxy) is 1. The summed E-state index contributed by atoms with van der Waals surface area (Å²) in [5.41, 5.74) is 7.39. The molecule has 0 atom stereocenters. The molecule has 0 aliphatic rings. The van der Waals surface area contributed by atoms with Gasteiger partial charge in [-0.2, -0.15) is 0 Å². The van der Waals surface area contributed by atoms with Gasteiger partial charge in [-0.05, 0) is 23.8 Å². The van der Waals surface area contributed by atoms with Crippen LogP contribution in [0.3, 0.4) is 0 Å². The van der Waals surface area contributed by atoms with Crippen LogP contribution in [0.4, 0.5) is 0 Å². The predicted molar refractivity (Wildman–Crippen MR) is 78.1 cm³/mol. The second kappa shape index (κ2) is 5.85. The van der Waals surface area contributed by atoms with Crippen molar-refractivity contribution in [1.82, 2.24) is 0 Å². The lowest BCUT2D eigenvalue weighted by molar-refractivity contribution is 0.305. The van der Waals surface area contributed by atoms with E-state index in [1.807, 2.05) is 30.3 Å². The minimum absolute atomic E-state index is 0.278. The van der Waals surface area contributed by atoms with E-state index in [2.05, 4.69) is 0 Å². The van der Waals surface area contributed by atoms with Crippen LogP contribution in [0.1, 0.15) is 11.1 Å². The van der Waals surface area contributed by atoms with Gasteiger partial charge in [0.1, 0.15) is 17.3 Å². The fourth-order valence-electron chi connectivity index (χ4n) is 1.56. The lowest BCUT2D eigenvalue weighted by Gasteiger charge is -2.11. The molecule has 0 fully saturated rings. The zero-order valence-corrected chi connectivity index (χ0v) is 11.2. The van der Waals surface area contributed by atoms with E-state index in [1.54, 1.807) is 18.2 Å². The molecule has 0 aliphatic heterocycles. The molecule has 0 unspecified atom stereocenters. The van der Waals surface area contributed by atoms with Crippen LogP contribution in [0.5, 0.6) is 5.75 Å². The first-order valence-electron chi connectivity index (χ1n) is 5.43. The summed E-state index contributed by atoms with van der Waals surface area (Å²) < 4.78 is 5.71. The van der Waals surface area contributed by atoms with Crippen LogP contribution < -0.4 is 10.5 Å². The van der Waals surface area contributed by atoms with Crippen molar-refractivity contribution in [2.75, 3.05) is 0 Å². The highest BCUT2D eigenvalue weighted by Crippen LogP contribution is 2.23. The van der Waals surface area contributed by atoms with E-state index in [0.29, 0.717) is 22.9 Å². The Hall–Kier alpha value is -1.58. The van der Waals surface area contributed by atoms with Crippen LogP contribution >= 0.6 is 23.8 Å². The molecule has 2 rings (SSSR count). The maximum atomic E-state index is 5.91. The Morgan fingerprint density at radius 3 is 2.56 bits per heavy atom. The number of hydrogen-bond donors (Lipinski definition) is 1. The SMILES string of the molecule is NC(=S)c1cc(Cl)ccc1OCc1ccccc1. The summed E-state index contributed by atoms with van der Waals surface area (Å²) >= 11 is 10.9. The monoisotopic (exact) mass is 277 g/mol. The van der Waals surface area contributed by atoms with Gasteiger partial charge in [-0.1, -0.05) is 54.2 Å². The molecule has 2 aromatic rings. The van der Waals surface area contributed by atoms with Crippen LogP contribution in [-0.4, -0.2) is 4.99 Å². The number of rotatable bonds is 4. The van der Waals surface area contributed by atoms with E-state index in [1.165, 1.54) is 0 Å². The van der Waals surface area contributed by atoms with Gasteiger partial charge in [-0.25, -0.2) is 0 Å². The van der Waals surface area contributed by atoms with Crippen molar-refractivity contribution in [3.05, 3.63) is 64.7 Å². The van der Waals surface area contributed by atoms with Crippen LogP contribution in [0.2, 0.25) is 5.02 Å². The second-order valence-electron chi connectivity index (χ2n) is 3.78. The third-order valence-electron chi connectivity index (χ3n) is 2.44. The van der Waals surface area contributed by atoms with Crippen molar-refractivity contribution in [3.63, 3.8) is 0 Å². The van der Waals surface area contributed by atoms with E-state index in [-0.39, 0.29) is 4.99 Å². The average molecular weight is 278 g/mol. The smallest absolute Gasteiger partial charge is 0.130 e. The summed E-state index contributed by atoms with van der Waals surface area (Å²) in [7, 11) is 0. The molecule has 0 spiro atoms. The summed E-state index contributed by atoms with van der Waals surface area (Å²) in [4.78, 5) is 0.278. The minimum atomic E-state index is 0.278. The Morgan fingerprint density at radius 1 is 1.17 bits per heavy atom. The predicted octanol–water partition coefficient (Wildman–Crippen LogP) is 3.55. The summed E-state index contributed by atoms with van der Waals surface area (Å²) in [6.45, 7) is 0.470. The van der Waals surface area contributed by atoms with Gasteiger partial charge < -0.3 is 10.5 Å². The van der Waals surface area contributed by atoms with Gasteiger partial charge in [-0.15, -0.1) is 0 Å². The van der Waals surface area contributed by atoms with E-state index < -0.39 is 0 Å². The molecule has 18 heavy (non-hydrogen) atoms. The number of hydrogen-bond acceptors (Lipinski definition) is 2. The Bertz CT molecular complexity index is 557. The van der Waals surface area contributed by atoms with Gasteiger partial charge in [0.05, 0.1) is 5.56 Å². The highest BCUT2D eigenvalue weighted by Gasteiger charge is 2.07. The van der Waals surface area contributed by atoms with Crippen LogP contribution in [0.15, 0.2) is 48.5 Å². The molecular weight excluding hydrogens is 266 g/mol. The zero-order valence-electron chi connectivity index (χ0n) is 9.60. The van der Waals surface area contributed by atoms with Crippen molar-refractivity contribution < 1.29 is 4.74 Å². The summed E-state index contributed by atoms with van der Waals surface area (Å²) in [6, 6.07) is 15.1. The lowest BCUT2D eigenvalue weighted by atomic mass is 10.2. The fraction of sp³-hybridized carbons (Fsp3) is 0.0714. The third kappa shape index (κ3) is 3.22. The first kappa shape index (κ1) is 12.9. The molecule has 0 saturated heterocycles. The molecule has 4 heteroatoms. The Balaban J connectivity index is 2.17. The van der Waals surface area contributed by atoms with Gasteiger partial charge >= 0.3 is 0 Å². The molecule has 0 aliphatic carbocycles. The fourth-order valence-corrected chi connectivity index (χ4v) is 1.89. The number of benzene rings is 2. The molecule has 0 saturated carbocycles. The lowest BCUT2D eigenvalue weighted by Crippen LogP contribution is -2.11. The van der Waals surface area contributed by atoms with E-state index in [0.717, 1.165) is 5.56 Å². The normalized spacial score (nSPS) is 10.1. The third-order valence-corrected chi connectivity index (χ3v) is 2.90. The van der Waals surface area contributed by atoms with Crippen LogP contribution in [0, 0.1) is 0 Å². The molecule has 92 valence electrons. The highest BCUT2D eigenvalue weighted by atomic mass is 35.5. The molecule has 0 radical (unpaired) electrons. The van der Waals surface area contributed by atoms with Gasteiger partial charge in [-0.3, -0.25) is 0 Å². The average Bonchev–Trinajstić information content (AvgIpc) is 2.38. The van der Waals surface area contributed by atoms with Crippen molar-refractivity contribution in [1.29, 1.82) is 0 Å². The number of halogens is 1. The number of nitrogens with two attached hydrogens (primary N) is 1. The Morgan fingerprint density at radius 2 is 1.89 bits per heavy atom. The summed E-state index contributed by atoms with van der Waals surface area (Å²) in [6.07, 6.45) is 0. The maximum Gasteiger partial charge on any atom is 0.130 e. The Kier molecular flexibility index (Phi) is 4.18. The van der Waals surface area contributed by atoms with E-state index >= 15 is 0 Å². The largest absolute Gasteiger partial charge is 0.488 e. The molecule has 2 N–H and O–H groups in total. The van der Waals surface area contributed by atoms with Gasteiger partial charge in [0.25, 0.3) is 0 Å². The highest BCUT2D eigenvalue weighted by molar-refractivity contribution is 7.80. The van der Waals surface area contributed by atoms with E-state index in [4.69, 9.17) is 34.3 Å². The van der Waals surface area contributed by atoms with E-state index in [9.17, 15) is 0 Å². The van der Waals surface area contributed by atoms with Crippen LogP contribution in [-0.2, 0) is 6.61 Å². The standard InChI is InChI=1S/C14H12ClNOS/c15-11-6-7-13(12(8-11)14(16)18)17-9-10-4-2-1-3-5-10/h1-8H,9H2,(H2,16,18). The minimum Gasteiger partial charge on any atom is -0.488 e. The van der Waals surface area contributed by atoms with Crippen molar-refractivity contribution >= 4 is 28.8 Å². The number of thiocarbonyl (C=S) groups is 1. The molecule has 2 aromatic carbocycles. The summed E-state index contributed by atoms with van der Waals surface area (Å²) in [5.74, 6) is 0.649. The first-order chi connectivity index (χ1) is 8.66. The van der Waals surface area contributed by atoms with Crippen LogP contribution in [0.25, 0.3) is 0 Å².